The van der Waals surface area contributed by atoms with E-state index in [1.807, 2.05) is 6.92 Å². The third-order valence-corrected chi connectivity index (χ3v) is 5.86. The van der Waals surface area contributed by atoms with E-state index in [-0.39, 0.29) is 22.9 Å². The van der Waals surface area contributed by atoms with Crippen LogP contribution in [0.25, 0.3) is 0 Å². The number of nitrogens with two attached hydrogens (primary N) is 2. The summed E-state index contributed by atoms with van der Waals surface area (Å²) in [4.78, 5) is 25.3. The zero-order chi connectivity index (χ0) is 17.9. The smallest absolute Gasteiger partial charge is 0.254 e. The van der Waals surface area contributed by atoms with Crippen LogP contribution in [0.1, 0.15) is 36.5 Å². The first-order chi connectivity index (χ1) is 11.2. The summed E-state index contributed by atoms with van der Waals surface area (Å²) < 4.78 is 23.9. The molecule has 1 aliphatic heterocycles. The fourth-order valence-corrected chi connectivity index (χ4v) is 4.09. The van der Waals surface area contributed by atoms with Crippen molar-refractivity contribution in [3.63, 3.8) is 0 Å². The van der Waals surface area contributed by atoms with Crippen molar-refractivity contribution >= 4 is 21.7 Å². The summed E-state index contributed by atoms with van der Waals surface area (Å²) >= 11 is 0. The summed E-state index contributed by atoms with van der Waals surface area (Å²) in [7, 11) is -3.77. The van der Waals surface area contributed by atoms with Crippen LogP contribution in [0.2, 0.25) is 0 Å². The molecule has 8 heteroatoms. The van der Waals surface area contributed by atoms with Gasteiger partial charge in [0.25, 0.3) is 5.91 Å². The Morgan fingerprint density at radius 1 is 1.25 bits per heavy atom. The largest absolute Gasteiger partial charge is 0.369 e. The maximum Gasteiger partial charge on any atom is 0.254 e. The van der Waals surface area contributed by atoms with Crippen LogP contribution in [0, 0.1) is 0 Å². The normalized spacial score (nSPS) is 19.8. The van der Waals surface area contributed by atoms with Crippen LogP contribution in [0.3, 0.4) is 0 Å². The topological polar surface area (TPSA) is 124 Å². The molecule has 0 radical (unpaired) electrons. The Balaban J connectivity index is 2.21. The number of carbonyl (C=O) groups is 2. The van der Waals surface area contributed by atoms with E-state index in [0.29, 0.717) is 12.1 Å². The zero-order valence-corrected chi connectivity index (χ0v) is 14.5. The highest BCUT2D eigenvalue weighted by Gasteiger charge is 2.30. The van der Waals surface area contributed by atoms with Crippen molar-refractivity contribution in [2.75, 3.05) is 12.3 Å². The molecule has 1 aliphatic rings. The van der Waals surface area contributed by atoms with Gasteiger partial charge in [-0.3, -0.25) is 9.59 Å². The van der Waals surface area contributed by atoms with E-state index < -0.39 is 21.5 Å². The van der Waals surface area contributed by atoms with E-state index in [1.165, 1.54) is 24.3 Å². The minimum atomic E-state index is -3.77. The molecule has 4 N–H and O–H groups in total. The molecule has 1 aromatic rings. The lowest BCUT2D eigenvalue weighted by Crippen LogP contribution is -2.51. The number of hydrogen-bond acceptors (Lipinski definition) is 5. The first-order valence-electron chi connectivity index (χ1n) is 7.90. The lowest BCUT2D eigenvalue weighted by Gasteiger charge is -2.38. The molecule has 0 unspecified atom stereocenters. The van der Waals surface area contributed by atoms with Crippen molar-refractivity contribution in [3.05, 3.63) is 29.8 Å². The zero-order valence-electron chi connectivity index (χ0n) is 13.6. The molecular weight excluding hydrogens is 330 g/mol. The van der Waals surface area contributed by atoms with Gasteiger partial charge in [-0.1, -0.05) is 0 Å². The van der Waals surface area contributed by atoms with Crippen LogP contribution in [-0.2, 0) is 14.6 Å². The number of rotatable bonds is 5. The predicted molar refractivity (Wildman–Crippen MR) is 90.0 cm³/mol. The molecule has 2 atom stereocenters. The number of amides is 2. The van der Waals surface area contributed by atoms with Crippen molar-refractivity contribution in [2.45, 2.75) is 43.2 Å². The Morgan fingerprint density at radius 3 is 2.42 bits per heavy atom. The molecule has 7 nitrogen and oxygen atoms in total. The second kappa shape index (κ2) is 7.31. The summed E-state index contributed by atoms with van der Waals surface area (Å²) in [5, 5.41) is 0. The Morgan fingerprint density at radius 2 is 1.88 bits per heavy atom. The predicted octanol–water partition coefficient (Wildman–Crippen LogP) is 0.288. The molecule has 2 rings (SSSR count). The number of likely N-dealkylation sites (tertiary alicyclic amines) is 1. The fraction of sp³-hybridized carbons (Fsp3) is 0.500. The maximum absolute atomic E-state index is 12.7. The van der Waals surface area contributed by atoms with Gasteiger partial charge >= 0.3 is 0 Å². The highest BCUT2D eigenvalue weighted by molar-refractivity contribution is 7.92. The molecule has 0 saturated carbocycles. The van der Waals surface area contributed by atoms with Crippen LogP contribution in [0.15, 0.2) is 29.2 Å². The van der Waals surface area contributed by atoms with Gasteiger partial charge in [0.1, 0.15) is 5.75 Å². The van der Waals surface area contributed by atoms with E-state index in [0.717, 1.165) is 19.3 Å². The Kier molecular flexibility index (Phi) is 5.61. The van der Waals surface area contributed by atoms with Crippen molar-refractivity contribution in [2.24, 2.45) is 11.5 Å². The number of piperidine rings is 1. The minimum Gasteiger partial charge on any atom is -0.369 e. The van der Waals surface area contributed by atoms with E-state index in [4.69, 9.17) is 11.5 Å². The summed E-state index contributed by atoms with van der Waals surface area (Å²) in [6.45, 7) is 2.53. The third-order valence-electron chi connectivity index (χ3n) is 4.21. The van der Waals surface area contributed by atoms with E-state index >= 15 is 0 Å². The number of carbonyl (C=O) groups excluding carboxylic acids is 2. The number of hydrogen-bond donors (Lipinski definition) is 2. The number of nitrogens with zero attached hydrogens (tertiary/aromatic N) is 1. The molecule has 1 heterocycles. The van der Waals surface area contributed by atoms with Gasteiger partial charge in [0.05, 0.1) is 4.90 Å². The monoisotopic (exact) mass is 353 g/mol. The quantitative estimate of drug-likeness (QED) is 0.787. The minimum absolute atomic E-state index is 0.00970. The molecule has 0 bridgehead atoms. The van der Waals surface area contributed by atoms with Gasteiger partial charge in [0.15, 0.2) is 9.84 Å². The van der Waals surface area contributed by atoms with Crippen molar-refractivity contribution in [1.29, 1.82) is 0 Å². The fourth-order valence-electron chi connectivity index (χ4n) is 3.00. The van der Waals surface area contributed by atoms with Gasteiger partial charge in [-0.25, -0.2) is 8.42 Å². The number of primary amides is 1. The van der Waals surface area contributed by atoms with Gasteiger partial charge in [0, 0.05) is 24.2 Å². The van der Waals surface area contributed by atoms with Crippen LogP contribution in [0.4, 0.5) is 0 Å². The molecular formula is C16H23N3O4S. The summed E-state index contributed by atoms with van der Waals surface area (Å²) in [6, 6.07) is 5.45. The summed E-state index contributed by atoms with van der Waals surface area (Å²) in [5.41, 5.74) is 11.3. The average Bonchev–Trinajstić information content (AvgIpc) is 2.53. The lowest BCUT2D eigenvalue weighted by molar-refractivity contribution is -0.115. The second-order valence-corrected chi connectivity index (χ2v) is 8.16. The van der Waals surface area contributed by atoms with Gasteiger partial charge < -0.3 is 16.4 Å². The third kappa shape index (κ3) is 4.12. The summed E-state index contributed by atoms with van der Waals surface area (Å²) in [6.07, 6.45) is 2.84. The van der Waals surface area contributed by atoms with Crippen molar-refractivity contribution in [1.82, 2.24) is 4.90 Å². The Hall–Kier alpha value is -1.93. The van der Waals surface area contributed by atoms with Crippen LogP contribution in [0.5, 0.6) is 0 Å². The van der Waals surface area contributed by atoms with Crippen LogP contribution >= 0.6 is 0 Å². The first-order valence-corrected chi connectivity index (χ1v) is 9.55. The van der Waals surface area contributed by atoms with Gasteiger partial charge in [0.2, 0.25) is 5.91 Å². The average molecular weight is 353 g/mol. The standard InChI is InChI=1S/C16H23N3O4S/c1-11(17)14-4-2-3-9-19(14)16(21)12-5-7-13(8-6-12)24(22,23)10-15(18)20/h5-8,11,14H,2-4,9-10,17H2,1H3,(H2,18,20)/t11-,14+/m1/s1. The van der Waals surface area contributed by atoms with E-state index in [1.54, 1.807) is 4.90 Å². The van der Waals surface area contributed by atoms with Gasteiger partial charge in [-0.15, -0.1) is 0 Å². The SMILES string of the molecule is C[C@@H](N)[C@@H]1CCCCN1C(=O)c1ccc(S(=O)(=O)CC(N)=O)cc1. The Labute approximate surface area is 141 Å². The lowest BCUT2D eigenvalue weighted by atomic mass is 9.96. The molecule has 1 aromatic carbocycles. The molecule has 132 valence electrons. The summed E-state index contributed by atoms with van der Waals surface area (Å²) in [5.74, 6) is -1.82. The number of benzene rings is 1. The van der Waals surface area contributed by atoms with E-state index in [2.05, 4.69) is 0 Å². The molecule has 2 amide bonds. The van der Waals surface area contributed by atoms with Crippen molar-refractivity contribution < 1.29 is 18.0 Å². The number of sulfone groups is 1. The Bertz CT molecular complexity index is 713. The molecule has 0 aliphatic carbocycles. The highest BCUT2D eigenvalue weighted by atomic mass is 32.2. The first kappa shape index (κ1) is 18.4. The highest BCUT2D eigenvalue weighted by Crippen LogP contribution is 2.22. The van der Waals surface area contributed by atoms with Crippen LogP contribution < -0.4 is 11.5 Å². The molecule has 0 aromatic heterocycles. The van der Waals surface area contributed by atoms with Gasteiger partial charge in [-0.2, -0.15) is 0 Å². The van der Waals surface area contributed by atoms with Gasteiger partial charge in [-0.05, 0) is 50.5 Å². The molecule has 0 spiro atoms. The van der Waals surface area contributed by atoms with Crippen LogP contribution in [-0.4, -0.2) is 49.5 Å². The molecule has 1 saturated heterocycles. The maximum atomic E-state index is 12.7. The second-order valence-electron chi connectivity index (χ2n) is 6.17. The van der Waals surface area contributed by atoms with E-state index in [9.17, 15) is 18.0 Å². The molecule has 24 heavy (non-hydrogen) atoms. The molecule has 1 fully saturated rings. The van der Waals surface area contributed by atoms with Crippen molar-refractivity contribution in [3.8, 4) is 0 Å².